The predicted molar refractivity (Wildman–Crippen MR) is 86.8 cm³/mol. The molecule has 148 valence electrons. The lowest BCUT2D eigenvalue weighted by molar-refractivity contribution is -0.274. The highest BCUT2D eigenvalue weighted by atomic mass is 19.4. The summed E-state index contributed by atoms with van der Waals surface area (Å²) in [5.74, 6) is -2.39. The van der Waals surface area contributed by atoms with E-state index in [1.807, 2.05) is 0 Å². The number of aliphatic hydroxyl groups excluding tert-OH is 2. The van der Waals surface area contributed by atoms with Gasteiger partial charge in [-0.2, -0.15) is 0 Å². The summed E-state index contributed by atoms with van der Waals surface area (Å²) in [6, 6.07) is 8.14. The van der Waals surface area contributed by atoms with Crippen molar-refractivity contribution in [3.05, 3.63) is 65.2 Å². The van der Waals surface area contributed by atoms with Gasteiger partial charge < -0.3 is 14.9 Å². The minimum atomic E-state index is -4.80. The maximum Gasteiger partial charge on any atom is 0.573 e. The third-order valence-corrected chi connectivity index (χ3v) is 3.74. The Bertz CT molecular complexity index is 737. The molecule has 0 radical (unpaired) electrons. The second-order valence-corrected chi connectivity index (χ2v) is 5.84. The van der Waals surface area contributed by atoms with E-state index in [-0.39, 0.29) is 26.2 Å². The van der Waals surface area contributed by atoms with E-state index in [4.69, 9.17) is 5.11 Å². The van der Waals surface area contributed by atoms with Crippen LogP contribution in [0.4, 0.5) is 22.0 Å². The summed E-state index contributed by atoms with van der Waals surface area (Å²) in [6.45, 7) is 0.100. The van der Waals surface area contributed by atoms with Gasteiger partial charge in [-0.1, -0.05) is 18.2 Å². The summed E-state index contributed by atoms with van der Waals surface area (Å²) < 4.78 is 66.6. The first-order valence-corrected chi connectivity index (χ1v) is 7.99. The van der Waals surface area contributed by atoms with Gasteiger partial charge in [0.25, 0.3) is 0 Å². The Morgan fingerprint density at radius 1 is 1.00 bits per heavy atom. The second-order valence-electron chi connectivity index (χ2n) is 5.84. The van der Waals surface area contributed by atoms with E-state index in [1.54, 1.807) is 4.90 Å². The zero-order chi connectivity index (χ0) is 20.0. The van der Waals surface area contributed by atoms with Crippen molar-refractivity contribution in [2.75, 3.05) is 19.7 Å². The first-order chi connectivity index (χ1) is 12.7. The molecule has 0 aliphatic rings. The first-order valence-electron chi connectivity index (χ1n) is 7.99. The Balaban J connectivity index is 2.03. The molecule has 1 unspecified atom stereocenters. The lowest BCUT2D eigenvalue weighted by Crippen LogP contribution is -2.31. The summed E-state index contributed by atoms with van der Waals surface area (Å²) in [4.78, 5) is 1.61. The van der Waals surface area contributed by atoms with Gasteiger partial charge in [0, 0.05) is 19.6 Å². The highest BCUT2D eigenvalue weighted by Crippen LogP contribution is 2.25. The molecular weight excluding hydrogens is 373 g/mol. The smallest absolute Gasteiger partial charge is 0.406 e. The van der Waals surface area contributed by atoms with Crippen LogP contribution in [-0.2, 0) is 6.54 Å². The lowest BCUT2D eigenvalue weighted by Gasteiger charge is -2.24. The van der Waals surface area contributed by atoms with Crippen LogP contribution in [0.5, 0.6) is 5.75 Å². The molecule has 27 heavy (non-hydrogen) atoms. The van der Waals surface area contributed by atoms with Crippen LogP contribution in [-0.4, -0.2) is 41.2 Å². The van der Waals surface area contributed by atoms with Gasteiger partial charge in [0.15, 0.2) is 11.6 Å². The fraction of sp³-hybridized carbons (Fsp3) is 0.333. The standard InChI is InChI=1S/C18H18F5NO3/c19-15-6-1-12(9-16(15)20)10-24(7-8-25)11-17(26)13-2-4-14(5-3-13)27-18(21,22)23/h1-6,9,17,25-26H,7-8,10-11H2. The average molecular weight is 391 g/mol. The SMILES string of the molecule is OCCN(Cc1ccc(F)c(F)c1)CC(O)c1ccc(OC(F)(F)F)cc1. The molecule has 4 nitrogen and oxygen atoms in total. The van der Waals surface area contributed by atoms with Crippen LogP contribution in [0.15, 0.2) is 42.5 Å². The third kappa shape index (κ3) is 6.78. The number of hydrogen-bond acceptors (Lipinski definition) is 4. The maximum absolute atomic E-state index is 13.3. The quantitative estimate of drug-likeness (QED) is 0.678. The van der Waals surface area contributed by atoms with Gasteiger partial charge in [-0.05, 0) is 35.4 Å². The van der Waals surface area contributed by atoms with Crippen LogP contribution in [0.1, 0.15) is 17.2 Å². The fourth-order valence-corrected chi connectivity index (χ4v) is 2.51. The number of aliphatic hydroxyl groups is 2. The van der Waals surface area contributed by atoms with Crippen molar-refractivity contribution in [2.45, 2.75) is 19.0 Å². The van der Waals surface area contributed by atoms with Crippen molar-refractivity contribution in [2.24, 2.45) is 0 Å². The van der Waals surface area contributed by atoms with E-state index in [0.29, 0.717) is 11.1 Å². The number of ether oxygens (including phenoxy) is 1. The summed E-state index contributed by atoms with van der Waals surface area (Å²) in [5.41, 5.74) is 0.793. The molecule has 0 aromatic heterocycles. The van der Waals surface area contributed by atoms with Crippen molar-refractivity contribution >= 4 is 0 Å². The molecule has 0 spiro atoms. The molecule has 0 aliphatic heterocycles. The molecule has 1 atom stereocenters. The molecule has 0 amide bonds. The highest BCUT2D eigenvalue weighted by molar-refractivity contribution is 5.29. The Kier molecular flexibility index (Phi) is 7.11. The van der Waals surface area contributed by atoms with Gasteiger partial charge in [-0.3, -0.25) is 4.90 Å². The number of nitrogens with zero attached hydrogens (tertiary/aromatic N) is 1. The Morgan fingerprint density at radius 2 is 1.67 bits per heavy atom. The van der Waals surface area contributed by atoms with Crippen LogP contribution < -0.4 is 4.74 Å². The fourth-order valence-electron chi connectivity index (χ4n) is 2.51. The van der Waals surface area contributed by atoms with E-state index in [2.05, 4.69) is 4.74 Å². The molecule has 2 rings (SSSR count). The van der Waals surface area contributed by atoms with Crippen molar-refractivity contribution in [1.82, 2.24) is 4.90 Å². The first kappa shape index (κ1) is 21.1. The molecule has 9 heteroatoms. The zero-order valence-corrected chi connectivity index (χ0v) is 14.1. The summed E-state index contributed by atoms with van der Waals surface area (Å²) >= 11 is 0. The Morgan fingerprint density at radius 3 is 2.22 bits per heavy atom. The van der Waals surface area contributed by atoms with Gasteiger partial charge in [0.1, 0.15) is 5.75 Å². The minimum Gasteiger partial charge on any atom is -0.406 e. The molecule has 0 bridgehead atoms. The molecule has 2 aromatic carbocycles. The zero-order valence-electron chi connectivity index (χ0n) is 14.1. The van der Waals surface area contributed by atoms with Crippen molar-refractivity contribution in [3.8, 4) is 5.75 Å². The van der Waals surface area contributed by atoms with Crippen molar-refractivity contribution < 1.29 is 36.9 Å². The van der Waals surface area contributed by atoms with E-state index in [1.165, 1.54) is 18.2 Å². The van der Waals surface area contributed by atoms with Gasteiger partial charge in [0.05, 0.1) is 12.7 Å². The van der Waals surface area contributed by atoms with Crippen LogP contribution in [0.25, 0.3) is 0 Å². The molecule has 2 N–H and O–H groups in total. The number of halogens is 5. The summed E-state index contributed by atoms with van der Waals surface area (Å²) in [6.07, 6.45) is -5.87. The number of hydrogen-bond donors (Lipinski definition) is 2. The second kappa shape index (κ2) is 9.12. The molecule has 0 aliphatic carbocycles. The summed E-state index contributed by atoms with van der Waals surface area (Å²) in [5, 5.41) is 19.5. The largest absolute Gasteiger partial charge is 0.573 e. The van der Waals surface area contributed by atoms with Crippen LogP contribution in [0.2, 0.25) is 0 Å². The Hall–Kier alpha value is -2.23. The van der Waals surface area contributed by atoms with E-state index >= 15 is 0 Å². The van der Waals surface area contributed by atoms with E-state index < -0.39 is 29.9 Å². The molecule has 0 fully saturated rings. The lowest BCUT2D eigenvalue weighted by atomic mass is 10.1. The van der Waals surface area contributed by atoms with Crippen molar-refractivity contribution in [1.29, 1.82) is 0 Å². The molecule has 0 saturated heterocycles. The summed E-state index contributed by atoms with van der Waals surface area (Å²) in [7, 11) is 0. The Labute approximate surface area is 152 Å². The molecule has 0 heterocycles. The number of rotatable bonds is 8. The predicted octanol–water partition coefficient (Wildman–Crippen LogP) is 3.39. The topological polar surface area (TPSA) is 52.9 Å². The molecular formula is C18H18F5NO3. The van der Waals surface area contributed by atoms with Crippen LogP contribution >= 0.6 is 0 Å². The van der Waals surface area contributed by atoms with E-state index in [0.717, 1.165) is 24.3 Å². The average Bonchev–Trinajstić information content (AvgIpc) is 2.57. The maximum atomic E-state index is 13.3. The highest BCUT2D eigenvalue weighted by Gasteiger charge is 2.31. The molecule has 2 aromatic rings. The van der Waals surface area contributed by atoms with Gasteiger partial charge in [-0.15, -0.1) is 13.2 Å². The van der Waals surface area contributed by atoms with Crippen LogP contribution in [0.3, 0.4) is 0 Å². The van der Waals surface area contributed by atoms with Crippen LogP contribution in [0, 0.1) is 11.6 Å². The van der Waals surface area contributed by atoms with E-state index in [9.17, 15) is 27.1 Å². The monoisotopic (exact) mass is 391 g/mol. The normalized spacial score (nSPS) is 13.0. The van der Waals surface area contributed by atoms with Crippen molar-refractivity contribution in [3.63, 3.8) is 0 Å². The van der Waals surface area contributed by atoms with Gasteiger partial charge >= 0.3 is 6.36 Å². The number of benzene rings is 2. The molecule has 0 saturated carbocycles. The third-order valence-electron chi connectivity index (χ3n) is 3.74. The number of alkyl halides is 3. The van der Waals surface area contributed by atoms with Gasteiger partial charge in [0.2, 0.25) is 0 Å². The minimum absolute atomic E-state index is 0.0268. The van der Waals surface area contributed by atoms with Gasteiger partial charge in [-0.25, -0.2) is 8.78 Å².